The van der Waals surface area contributed by atoms with Crippen LogP contribution < -0.4 is 11.1 Å². The number of carbonyl (C=O) groups is 1. The second-order valence-corrected chi connectivity index (χ2v) is 5.98. The predicted octanol–water partition coefficient (Wildman–Crippen LogP) is 2.83. The fourth-order valence-electron chi connectivity index (χ4n) is 2.69. The standard InChI is InChI=1S/C19H18FN3O3/c1-12-5-3-4-6-16(12)13(2)21-17(24)11-23-19(25)26-18(22-23)14-7-9-15(20)10-8-14/h3-10,13H,11H2,1-2H3,(H,21,24)/t13-/m0/s1. The minimum atomic E-state index is -0.747. The maximum absolute atomic E-state index is 13.0. The number of aryl methyl sites for hydroxylation is 1. The Hall–Kier alpha value is -3.22. The van der Waals surface area contributed by atoms with Crippen molar-refractivity contribution in [2.45, 2.75) is 26.4 Å². The maximum atomic E-state index is 13.0. The molecule has 0 fully saturated rings. The zero-order valence-corrected chi connectivity index (χ0v) is 14.4. The highest BCUT2D eigenvalue weighted by atomic mass is 19.1. The fourth-order valence-corrected chi connectivity index (χ4v) is 2.69. The van der Waals surface area contributed by atoms with Crippen molar-refractivity contribution in [3.63, 3.8) is 0 Å². The summed E-state index contributed by atoms with van der Waals surface area (Å²) in [5.41, 5.74) is 2.52. The molecule has 6 nitrogen and oxygen atoms in total. The van der Waals surface area contributed by atoms with E-state index in [0.717, 1.165) is 15.8 Å². The minimum Gasteiger partial charge on any atom is -0.388 e. The first-order valence-electron chi connectivity index (χ1n) is 8.13. The van der Waals surface area contributed by atoms with Crippen LogP contribution in [0.3, 0.4) is 0 Å². The second-order valence-electron chi connectivity index (χ2n) is 5.98. The third-order valence-electron chi connectivity index (χ3n) is 4.02. The number of nitrogens with one attached hydrogen (secondary N) is 1. The van der Waals surface area contributed by atoms with Crippen molar-refractivity contribution in [1.29, 1.82) is 0 Å². The van der Waals surface area contributed by atoms with Crippen molar-refractivity contribution in [3.05, 3.63) is 76.0 Å². The lowest BCUT2D eigenvalue weighted by Gasteiger charge is -2.16. The smallest absolute Gasteiger partial charge is 0.388 e. The van der Waals surface area contributed by atoms with Gasteiger partial charge in [0.25, 0.3) is 0 Å². The maximum Gasteiger partial charge on any atom is 0.437 e. The van der Waals surface area contributed by atoms with Crippen molar-refractivity contribution in [2.24, 2.45) is 0 Å². The molecule has 0 saturated heterocycles. The Morgan fingerprint density at radius 1 is 1.23 bits per heavy atom. The van der Waals surface area contributed by atoms with Gasteiger partial charge in [-0.1, -0.05) is 24.3 Å². The van der Waals surface area contributed by atoms with Crippen molar-refractivity contribution < 1.29 is 13.6 Å². The summed E-state index contributed by atoms with van der Waals surface area (Å²) in [5.74, 6) is -1.47. The van der Waals surface area contributed by atoms with Crippen LogP contribution in [0.2, 0.25) is 0 Å². The summed E-state index contributed by atoms with van der Waals surface area (Å²) in [5, 5.41) is 6.84. The number of rotatable bonds is 5. The van der Waals surface area contributed by atoms with Crippen molar-refractivity contribution in [3.8, 4) is 11.5 Å². The minimum absolute atomic E-state index is 0.0368. The molecular weight excluding hydrogens is 337 g/mol. The molecule has 1 aromatic heterocycles. The molecule has 3 aromatic rings. The molecule has 1 amide bonds. The zero-order chi connectivity index (χ0) is 18.7. The van der Waals surface area contributed by atoms with Gasteiger partial charge in [-0.3, -0.25) is 4.79 Å². The van der Waals surface area contributed by atoms with Crippen LogP contribution in [0, 0.1) is 12.7 Å². The lowest BCUT2D eigenvalue weighted by Crippen LogP contribution is -2.33. The molecule has 0 aliphatic heterocycles. The molecule has 0 aliphatic rings. The largest absolute Gasteiger partial charge is 0.437 e. The van der Waals surface area contributed by atoms with Gasteiger partial charge in [0.05, 0.1) is 6.04 Å². The van der Waals surface area contributed by atoms with E-state index in [-0.39, 0.29) is 24.4 Å². The van der Waals surface area contributed by atoms with Gasteiger partial charge in [0.1, 0.15) is 12.4 Å². The average molecular weight is 355 g/mol. The number of hydrogen-bond acceptors (Lipinski definition) is 4. The Kier molecular flexibility index (Phi) is 4.97. The van der Waals surface area contributed by atoms with Gasteiger partial charge in [0, 0.05) is 5.56 Å². The average Bonchev–Trinajstić information content (AvgIpc) is 2.96. The van der Waals surface area contributed by atoms with Crippen LogP contribution in [0.25, 0.3) is 11.5 Å². The van der Waals surface area contributed by atoms with Crippen LogP contribution in [0.4, 0.5) is 4.39 Å². The Bertz CT molecular complexity index is 976. The van der Waals surface area contributed by atoms with E-state index in [1.54, 1.807) is 0 Å². The topological polar surface area (TPSA) is 77.1 Å². The lowest BCUT2D eigenvalue weighted by molar-refractivity contribution is -0.122. The van der Waals surface area contributed by atoms with Gasteiger partial charge in [-0.15, -0.1) is 5.10 Å². The van der Waals surface area contributed by atoms with Gasteiger partial charge in [-0.25, -0.2) is 9.18 Å². The summed E-state index contributed by atoms with van der Waals surface area (Å²) in [6, 6.07) is 12.9. The molecule has 0 spiro atoms. The molecule has 1 heterocycles. The molecule has 0 bridgehead atoms. The van der Waals surface area contributed by atoms with E-state index in [9.17, 15) is 14.0 Å². The molecule has 7 heteroatoms. The number of carbonyl (C=O) groups excluding carboxylic acids is 1. The van der Waals surface area contributed by atoms with Gasteiger partial charge < -0.3 is 9.73 Å². The van der Waals surface area contributed by atoms with Crippen molar-refractivity contribution in [1.82, 2.24) is 15.1 Å². The Morgan fingerprint density at radius 2 is 1.92 bits per heavy atom. The van der Waals surface area contributed by atoms with E-state index < -0.39 is 11.6 Å². The summed E-state index contributed by atoms with van der Waals surface area (Å²) in [7, 11) is 0. The van der Waals surface area contributed by atoms with Crippen LogP contribution in [0.5, 0.6) is 0 Å². The van der Waals surface area contributed by atoms with Crippen LogP contribution in [0.1, 0.15) is 24.1 Å². The number of nitrogens with zero attached hydrogens (tertiary/aromatic N) is 2. The van der Waals surface area contributed by atoms with Crippen LogP contribution in [0.15, 0.2) is 57.7 Å². The number of aromatic nitrogens is 2. The van der Waals surface area contributed by atoms with E-state index in [0.29, 0.717) is 5.56 Å². The van der Waals surface area contributed by atoms with Gasteiger partial charge in [-0.2, -0.15) is 4.68 Å². The van der Waals surface area contributed by atoms with Crippen LogP contribution in [-0.4, -0.2) is 15.7 Å². The molecule has 134 valence electrons. The first-order valence-corrected chi connectivity index (χ1v) is 8.13. The first kappa shape index (κ1) is 17.6. The summed E-state index contributed by atoms with van der Waals surface area (Å²) < 4.78 is 19.0. The summed E-state index contributed by atoms with van der Waals surface area (Å²) in [6.45, 7) is 3.57. The van der Waals surface area contributed by atoms with E-state index >= 15 is 0 Å². The SMILES string of the molecule is Cc1ccccc1[C@H](C)NC(=O)Cn1nc(-c2ccc(F)cc2)oc1=O. The van der Waals surface area contributed by atoms with Gasteiger partial charge >= 0.3 is 5.76 Å². The molecule has 2 aromatic carbocycles. The quantitative estimate of drug-likeness (QED) is 0.763. The van der Waals surface area contributed by atoms with E-state index in [2.05, 4.69) is 10.4 Å². The first-order chi connectivity index (χ1) is 12.4. The van der Waals surface area contributed by atoms with Gasteiger partial charge in [0.15, 0.2) is 0 Å². The van der Waals surface area contributed by atoms with Crippen molar-refractivity contribution >= 4 is 5.91 Å². The predicted molar refractivity (Wildman–Crippen MR) is 93.9 cm³/mol. The number of amides is 1. The number of hydrogen-bond donors (Lipinski definition) is 1. The zero-order valence-electron chi connectivity index (χ0n) is 14.4. The second kappa shape index (κ2) is 7.35. The normalized spacial score (nSPS) is 12.0. The highest BCUT2D eigenvalue weighted by Gasteiger charge is 2.16. The Morgan fingerprint density at radius 3 is 2.62 bits per heavy atom. The van der Waals surface area contributed by atoms with E-state index in [1.807, 2.05) is 38.1 Å². The van der Waals surface area contributed by atoms with E-state index in [1.165, 1.54) is 24.3 Å². The molecule has 0 saturated carbocycles. The molecule has 0 aliphatic carbocycles. The molecule has 0 unspecified atom stereocenters. The number of halogens is 1. The summed E-state index contributed by atoms with van der Waals surface area (Å²) in [6.07, 6.45) is 0. The Balaban J connectivity index is 1.71. The highest BCUT2D eigenvalue weighted by molar-refractivity contribution is 5.76. The van der Waals surface area contributed by atoms with Crippen molar-refractivity contribution in [2.75, 3.05) is 0 Å². The fraction of sp³-hybridized carbons (Fsp3) is 0.211. The van der Waals surface area contributed by atoms with E-state index in [4.69, 9.17) is 4.42 Å². The van der Waals surface area contributed by atoms with Crippen LogP contribution >= 0.6 is 0 Å². The monoisotopic (exact) mass is 355 g/mol. The molecule has 0 radical (unpaired) electrons. The molecule has 1 N–H and O–H groups in total. The molecular formula is C19H18FN3O3. The lowest BCUT2D eigenvalue weighted by atomic mass is 10.0. The Labute approximate surface area is 149 Å². The van der Waals surface area contributed by atoms with Gasteiger partial charge in [0.2, 0.25) is 11.8 Å². The van der Waals surface area contributed by atoms with Crippen LogP contribution in [-0.2, 0) is 11.3 Å². The number of benzene rings is 2. The highest BCUT2D eigenvalue weighted by Crippen LogP contribution is 2.17. The third kappa shape index (κ3) is 3.88. The molecule has 1 atom stereocenters. The summed E-state index contributed by atoms with van der Waals surface area (Å²) in [4.78, 5) is 24.2. The summed E-state index contributed by atoms with van der Waals surface area (Å²) >= 11 is 0. The molecule has 3 rings (SSSR count). The molecule has 26 heavy (non-hydrogen) atoms. The third-order valence-corrected chi connectivity index (χ3v) is 4.02. The van der Waals surface area contributed by atoms with Gasteiger partial charge in [-0.05, 0) is 49.2 Å².